The highest BCUT2D eigenvalue weighted by Gasteiger charge is 2.38. The molecular formula is C16H20Cl2F4N2O4. The molecule has 0 saturated heterocycles. The third kappa shape index (κ3) is 10.1. The van der Waals surface area contributed by atoms with E-state index in [4.69, 9.17) is 37.8 Å². The summed E-state index contributed by atoms with van der Waals surface area (Å²) in [6.07, 6.45) is -4.33. The zero-order valence-electron chi connectivity index (χ0n) is 15.0. The fourth-order valence-electron chi connectivity index (χ4n) is 1.79. The van der Waals surface area contributed by atoms with E-state index in [-0.39, 0.29) is 23.5 Å². The van der Waals surface area contributed by atoms with Crippen LogP contribution in [0.25, 0.3) is 0 Å². The molecule has 0 radical (unpaired) electrons. The highest BCUT2D eigenvalue weighted by Crippen LogP contribution is 2.32. The second kappa shape index (κ2) is 12.8. The topological polar surface area (TPSA) is 87.7 Å². The molecule has 28 heavy (non-hydrogen) atoms. The van der Waals surface area contributed by atoms with Crippen LogP contribution >= 0.6 is 23.2 Å². The van der Waals surface area contributed by atoms with Gasteiger partial charge in [-0.1, -0.05) is 23.2 Å². The van der Waals surface area contributed by atoms with E-state index in [0.29, 0.717) is 23.7 Å². The lowest BCUT2D eigenvalue weighted by molar-refractivity contribution is -0.192. The second-order valence-corrected chi connectivity index (χ2v) is 6.14. The number of hydrogen-bond acceptors (Lipinski definition) is 4. The van der Waals surface area contributed by atoms with Crippen molar-refractivity contribution in [2.75, 3.05) is 26.8 Å². The zero-order valence-corrected chi connectivity index (χ0v) is 16.5. The predicted molar refractivity (Wildman–Crippen MR) is 96.0 cm³/mol. The van der Waals surface area contributed by atoms with Crippen molar-refractivity contribution in [1.82, 2.24) is 10.6 Å². The number of carboxylic acid groups (broad SMARTS) is 1. The Morgan fingerprint density at radius 2 is 1.86 bits per heavy atom. The van der Waals surface area contributed by atoms with Gasteiger partial charge in [0.2, 0.25) is 5.91 Å². The maximum Gasteiger partial charge on any atom is 0.490 e. The van der Waals surface area contributed by atoms with Crippen molar-refractivity contribution in [3.05, 3.63) is 33.6 Å². The van der Waals surface area contributed by atoms with Crippen molar-refractivity contribution >= 4 is 35.1 Å². The molecule has 1 amide bonds. The number of amides is 1. The molecular weight excluding hydrogens is 431 g/mol. The lowest BCUT2D eigenvalue weighted by atomic mass is 10.1. The van der Waals surface area contributed by atoms with Crippen molar-refractivity contribution in [2.24, 2.45) is 0 Å². The lowest BCUT2D eigenvalue weighted by Gasteiger charge is -2.17. The number of hydrogen-bond donors (Lipinski definition) is 3. The monoisotopic (exact) mass is 450 g/mol. The van der Waals surface area contributed by atoms with Crippen LogP contribution in [0, 0.1) is 5.82 Å². The summed E-state index contributed by atoms with van der Waals surface area (Å²) in [5.74, 6) is -3.44. The molecule has 1 atom stereocenters. The molecule has 0 spiro atoms. The van der Waals surface area contributed by atoms with Crippen LogP contribution in [0.15, 0.2) is 12.1 Å². The molecule has 1 unspecified atom stereocenters. The minimum atomic E-state index is -5.08. The fourth-order valence-corrected chi connectivity index (χ4v) is 2.49. The first-order chi connectivity index (χ1) is 12.9. The number of alkyl halides is 3. The van der Waals surface area contributed by atoms with E-state index >= 15 is 0 Å². The minimum Gasteiger partial charge on any atom is -0.475 e. The number of rotatable bonds is 8. The Kier molecular flexibility index (Phi) is 12.0. The number of carboxylic acids is 1. The molecule has 160 valence electrons. The van der Waals surface area contributed by atoms with E-state index in [1.54, 1.807) is 14.0 Å². The summed E-state index contributed by atoms with van der Waals surface area (Å²) < 4.78 is 50.1. The predicted octanol–water partition coefficient (Wildman–Crippen LogP) is 3.57. The van der Waals surface area contributed by atoms with Crippen LogP contribution in [0.1, 0.15) is 24.9 Å². The van der Waals surface area contributed by atoms with Crippen LogP contribution in [0.3, 0.4) is 0 Å². The lowest BCUT2D eigenvalue weighted by Crippen LogP contribution is -2.35. The molecule has 0 aliphatic heterocycles. The van der Waals surface area contributed by atoms with Gasteiger partial charge in [-0.05, 0) is 25.5 Å². The van der Waals surface area contributed by atoms with Crippen molar-refractivity contribution in [3.8, 4) is 0 Å². The molecule has 0 bridgehead atoms. The zero-order chi connectivity index (χ0) is 21.9. The fraction of sp³-hybridized carbons (Fsp3) is 0.500. The summed E-state index contributed by atoms with van der Waals surface area (Å²) in [6.45, 7) is 3.00. The highest BCUT2D eigenvalue weighted by molar-refractivity contribution is 6.36. The molecule has 1 aromatic rings. The van der Waals surface area contributed by atoms with Gasteiger partial charge < -0.3 is 20.5 Å². The second-order valence-electron chi connectivity index (χ2n) is 5.36. The van der Waals surface area contributed by atoms with Gasteiger partial charge in [0.25, 0.3) is 0 Å². The van der Waals surface area contributed by atoms with E-state index in [9.17, 15) is 22.4 Å². The SMILES string of the molecule is COCCCNC(=O)CNC(C)c1c(Cl)ccc(F)c1Cl.O=C(O)C(F)(F)F. The third-order valence-corrected chi connectivity index (χ3v) is 3.88. The van der Waals surface area contributed by atoms with Gasteiger partial charge in [0.05, 0.1) is 11.6 Å². The van der Waals surface area contributed by atoms with E-state index in [1.165, 1.54) is 12.1 Å². The van der Waals surface area contributed by atoms with Gasteiger partial charge in [-0.25, -0.2) is 9.18 Å². The largest absolute Gasteiger partial charge is 0.490 e. The minimum absolute atomic E-state index is 0.0250. The Hall–Kier alpha value is -1.62. The number of ether oxygens (including phenoxy) is 1. The van der Waals surface area contributed by atoms with E-state index in [1.807, 2.05) is 0 Å². The number of halogens is 6. The maximum absolute atomic E-state index is 13.4. The molecule has 1 aromatic carbocycles. The van der Waals surface area contributed by atoms with Gasteiger partial charge in [0.1, 0.15) is 5.82 Å². The van der Waals surface area contributed by atoms with Crippen molar-refractivity contribution < 1.29 is 37.0 Å². The number of benzene rings is 1. The van der Waals surface area contributed by atoms with E-state index < -0.39 is 18.0 Å². The molecule has 12 heteroatoms. The van der Waals surface area contributed by atoms with Gasteiger partial charge in [-0.2, -0.15) is 13.2 Å². The summed E-state index contributed by atoms with van der Waals surface area (Å²) in [5.41, 5.74) is 0.450. The van der Waals surface area contributed by atoms with E-state index in [0.717, 1.165) is 6.42 Å². The Morgan fingerprint density at radius 3 is 2.36 bits per heavy atom. The molecule has 0 fully saturated rings. The molecule has 6 nitrogen and oxygen atoms in total. The van der Waals surface area contributed by atoms with E-state index in [2.05, 4.69) is 10.6 Å². The molecule has 0 aliphatic carbocycles. The van der Waals surface area contributed by atoms with Crippen molar-refractivity contribution in [2.45, 2.75) is 25.6 Å². The first-order valence-corrected chi connectivity index (χ1v) is 8.59. The molecule has 0 aliphatic rings. The first-order valence-electron chi connectivity index (χ1n) is 7.84. The normalized spacial score (nSPS) is 12.0. The smallest absolute Gasteiger partial charge is 0.475 e. The summed E-state index contributed by atoms with van der Waals surface area (Å²) in [7, 11) is 1.61. The molecule has 0 aromatic heterocycles. The van der Waals surface area contributed by atoms with Gasteiger partial charge >= 0.3 is 12.1 Å². The maximum atomic E-state index is 13.4. The Bertz CT molecular complexity index is 660. The van der Waals surface area contributed by atoms with Crippen LogP contribution in [0.2, 0.25) is 10.0 Å². The standard InChI is InChI=1S/C14H19Cl2FN2O2.C2HF3O2/c1-9(13-10(15)4-5-11(17)14(13)16)19-8-12(20)18-6-3-7-21-2;3-2(4,5)1(6)7/h4-5,9,19H,3,6-8H2,1-2H3,(H,18,20);(H,6,7). The Balaban J connectivity index is 0.000000887. The molecule has 0 heterocycles. The summed E-state index contributed by atoms with van der Waals surface area (Å²) in [4.78, 5) is 20.5. The quantitative estimate of drug-likeness (QED) is 0.320. The summed E-state index contributed by atoms with van der Waals surface area (Å²) >= 11 is 11.9. The highest BCUT2D eigenvalue weighted by atomic mass is 35.5. The molecule has 3 N–H and O–H groups in total. The van der Waals surface area contributed by atoms with Gasteiger partial charge in [-0.15, -0.1) is 0 Å². The number of methoxy groups -OCH3 is 1. The number of carbonyl (C=O) groups is 2. The number of aliphatic carboxylic acids is 1. The molecule has 0 saturated carbocycles. The average molecular weight is 451 g/mol. The van der Waals surface area contributed by atoms with Gasteiger partial charge in [0.15, 0.2) is 0 Å². The van der Waals surface area contributed by atoms with Crippen molar-refractivity contribution in [3.63, 3.8) is 0 Å². The van der Waals surface area contributed by atoms with Crippen molar-refractivity contribution in [1.29, 1.82) is 0 Å². The third-order valence-electron chi connectivity index (χ3n) is 3.17. The Labute approximate surface area is 169 Å². The first kappa shape index (κ1) is 26.4. The number of carbonyl (C=O) groups excluding carboxylic acids is 1. The average Bonchev–Trinajstić information content (AvgIpc) is 2.60. The molecule has 1 rings (SSSR count). The number of nitrogens with one attached hydrogen (secondary N) is 2. The Morgan fingerprint density at radius 1 is 1.29 bits per heavy atom. The van der Waals surface area contributed by atoms with Crippen LogP contribution in [-0.4, -0.2) is 50.0 Å². The summed E-state index contributed by atoms with van der Waals surface area (Å²) in [5, 5.41) is 13.2. The van der Waals surface area contributed by atoms with Crippen LogP contribution in [0.4, 0.5) is 17.6 Å². The van der Waals surface area contributed by atoms with Crippen LogP contribution < -0.4 is 10.6 Å². The van der Waals surface area contributed by atoms with Gasteiger partial charge in [-0.3, -0.25) is 4.79 Å². The summed E-state index contributed by atoms with van der Waals surface area (Å²) in [6, 6.07) is 2.32. The van der Waals surface area contributed by atoms with Crippen LogP contribution in [-0.2, 0) is 14.3 Å². The van der Waals surface area contributed by atoms with Crippen LogP contribution in [0.5, 0.6) is 0 Å². The van der Waals surface area contributed by atoms with Gasteiger partial charge in [0, 0.05) is 36.9 Å².